The van der Waals surface area contributed by atoms with E-state index in [2.05, 4.69) is 4.74 Å². The molecule has 1 heterocycles. The number of ether oxygens (including phenoxy) is 2. The first kappa shape index (κ1) is 19.0. The van der Waals surface area contributed by atoms with Crippen LogP contribution in [-0.4, -0.2) is 42.8 Å². The molecule has 1 aliphatic rings. The number of esters is 1. The molecule has 0 aliphatic carbocycles. The Morgan fingerprint density at radius 1 is 1.24 bits per heavy atom. The summed E-state index contributed by atoms with van der Waals surface area (Å²) in [5.41, 5.74) is 1.61. The summed E-state index contributed by atoms with van der Waals surface area (Å²) in [6.45, 7) is 8.03. The molecule has 136 valence electrons. The first-order chi connectivity index (χ1) is 11.6. The number of amides is 1. The second kappa shape index (κ2) is 7.25. The summed E-state index contributed by atoms with van der Waals surface area (Å²) in [7, 11) is 1.26. The van der Waals surface area contributed by atoms with Gasteiger partial charge in [0.2, 0.25) is 0 Å². The minimum Gasteiger partial charge on any atom is -0.465 e. The molecule has 0 saturated carbocycles. The molecule has 5 nitrogen and oxygen atoms in total. The first-order valence-corrected chi connectivity index (χ1v) is 8.18. The Hall–Kier alpha value is -2.37. The molecule has 6 heteroatoms. The Kier molecular flexibility index (Phi) is 5.50. The van der Waals surface area contributed by atoms with E-state index >= 15 is 0 Å². The van der Waals surface area contributed by atoms with Crippen molar-refractivity contribution in [2.45, 2.75) is 39.7 Å². The molecule has 0 fully saturated rings. The van der Waals surface area contributed by atoms with Gasteiger partial charge in [-0.2, -0.15) is 0 Å². The lowest BCUT2D eigenvalue weighted by atomic mass is 9.93. The molecule has 1 aliphatic heterocycles. The third kappa shape index (κ3) is 4.59. The Morgan fingerprint density at radius 2 is 1.92 bits per heavy atom. The maximum atomic E-state index is 14.5. The van der Waals surface area contributed by atoms with Gasteiger partial charge in [0, 0.05) is 18.7 Å². The fourth-order valence-corrected chi connectivity index (χ4v) is 2.77. The summed E-state index contributed by atoms with van der Waals surface area (Å²) >= 11 is 0. The number of nitrogens with zero attached hydrogens (tertiary/aromatic N) is 1. The molecule has 0 N–H and O–H groups in total. The maximum Gasteiger partial charge on any atom is 0.410 e. The quantitative estimate of drug-likeness (QED) is 0.759. The summed E-state index contributed by atoms with van der Waals surface area (Å²) in [5, 5.41) is 0. The van der Waals surface area contributed by atoms with Crippen LogP contribution in [0.2, 0.25) is 0 Å². The zero-order valence-electron chi connectivity index (χ0n) is 15.3. The van der Waals surface area contributed by atoms with Crippen LogP contribution in [0.5, 0.6) is 0 Å². The highest BCUT2D eigenvalue weighted by Gasteiger charge is 2.25. The van der Waals surface area contributed by atoms with Gasteiger partial charge < -0.3 is 14.4 Å². The third-order valence-corrected chi connectivity index (χ3v) is 3.89. The van der Waals surface area contributed by atoms with Gasteiger partial charge >= 0.3 is 12.1 Å². The van der Waals surface area contributed by atoms with Crippen LogP contribution in [0.1, 0.15) is 48.7 Å². The number of carbonyl (C=O) groups excluding carboxylic acids is 2. The SMILES string of the molecule is COC(=O)c1cc(C)c(C2=CCN(C(=O)OC(C)(C)C)CC2)c(F)c1. The van der Waals surface area contributed by atoms with Gasteiger partial charge in [-0.05, 0) is 57.4 Å². The second-order valence-corrected chi connectivity index (χ2v) is 7.05. The average Bonchev–Trinajstić information content (AvgIpc) is 2.52. The van der Waals surface area contributed by atoms with E-state index in [-0.39, 0.29) is 11.7 Å². The topological polar surface area (TPSA) is 55.8 Å². The molecule has 0 saturated heterocycles. The number of hydrogen-bond acceptors (Lipinski definition) is 4. The van der Waals surface area contributed by atoms with Crippen LogP contribution in [0.25, 0.3) is 5.57 Å². The predicted octanol–water partition coefficient (Wildman–Crippen LogP) is 3.94. The molecule has 25 heavy (non-hydrogen) atoms. The summed E-state index contributed by atoms with van der Waals surface area (Å²) in [4.78, 5) is 25.3. The number of benzene rings is 1. The Labute approximate surface area is 147 Å². The van der Waals surface area contributed by atoms with E-state index in [1.54, 1.807) is 17.9 Å². The zero-order chi connectivity index (χ0) is 18.8. The Balaban J connectivity index is 2.19. The molecule has 1 amide bonds. The van der Waals surface area contributed by atoms with Crippen LogP contribution < -0.4 is 0 Å². The predicted molar refractivity (Wildman–Crippen MR) is 92.9 cm³/mol. The van der Waals surface area contributed by atoms with Gasteiger partial charge in [-0.1, -0.05) is 6.08 Å². The van der Waals surface area contributed by atoms with Crippen LogP contribution in [-0.2, 0) is 9.47 Å². The number of methoxy groups -OCH3 is 1. The number of halogens is 1. The van der Waals surface area contributed by atoms with E-state index in [4.69, 9.17) is 4.74 Å². The fraction of sp³-hybridized carbons (Fsp3) is 0.474. The number of hydrogen-bond donors (Lipinski definition) is 0. The second-order valence-electron chi connectivity index (χ2n) is 7.05. The maximum absolute atomic E-state index is 14.5. The largest absolute Gasteiger partial charge is 0.465 e. The van der Waals surface area contributed by atoms with E-state index in [1.165, 1.54) is 13.2 Å². The van der Waals surface area contributed by atoms with Gasteiger partial charge in [0.1, 0.15) is 11.4 Å². The minimum absolute atomic E-state index is 0.188. The Bertz CT molecular complexity index is 696. The van der Waals surface area contributed by atoms with Crippen LogP contribution in [0, 0.1) is 12.7 Å². The third-order valence-electron chi connectivity index (χ3n) is 3.89. The van der Waals surface area contributed by atoms with Crippen LogP contribution in [0.3, 0.4) is 0 Å². The number of carbonyl (C=O) groups is 2. The zero-order valence-corrected chi connectivity index (χ0v) is 15.3. The number of rotatable bonds is 2. The van der Waals surface area contributed by atoms with Crippen molar-refractivity contribution < 1.29 is 23.5 Å². The molecular weight excluding hydrogens is 325 g/mol. The van der Waals surface area contributed by atoms with Gasteiger partial charge in [0.25, 0.3) is 0 Å². The summed E-state index contributed by atoms with van der Waals surface area (Å²) in [5.74, 6) is -1.03. The lowest BCUT2D eigenvalue weighted by Gasteiger charge is -2.30. The van der Waals surface area contributed by atoms with Crippen molar-refractivity contribution >= 4 is 17.6 Å². The first-order valence-electron chi connectivity index (χ1n) is 8.18. The van der Waals surface area contributed by atoms with Crippen LogP contribution in [0.4, 0.5) is 9.18 Å². The molecule has 0 bridgehead atoms. The summed E-state index contributed by atoms with van der Waals surface area (Å²) in [6.07, 6.45) is 1.98. The van der Waals surface area contributed by atoms with Gasteiger partial charge in [0.05, 0.1) is 12.7 Å². The fourth-order valence-electron chi connectivity index (χ4n) is 2.77. The molecule has 0 radical (unpaired) electrons. The highest BCUT2D eigenvalue weighted by atomic mass is 19.1. The van der Waals surface area contributed by atoms with E-state index in [0.29, 0.717) is 30.6 Å². The van der Waals surface area contributed by atoms with Gasteiger partial charge in [0.15, 0.2) is 0 Å². The van der Waals surface area contributed by atoms with Gasteiger partial charge in [-0.3, -0.25) is 0 Å². The van der Waals surface area contributed by atoms with E-state index < -0.39 is 17.4 Å². The van der Waals surface area contributed by atoms with Crippen molar-refractivity contribution in [2.24, 2.45) is 0 Å². The molecule has 0 aromatic heterocycles. The molecule has 0 unspecified atom stereocenters. The van der Waals surface area contributed by atoms with E-state index in [0.717, 1.165) is 5.57 Å². The highest BCUT2D eigenvalue weighted by Crippen LogP contribution is 2.29. The lowest BCUT2D eigenvalue weighted by Crippen LogP contribution is -2.39. The van der Waals surface area contributed by atoms with Crippen molar-refractivity contribution in [2.75, 3.05) is 20.2 Å². The summed E-state index contributed by atoms with van der Waals surface area (Å²) < 4.78 is 24.5. The van der Waals surface area contributed by atoms with Crippen molar-refractivity contribution in [3.8, 4) is 0 Å². The smallest absolute Gasteiger partial charge is 0.410 e. The molecule has 0 spiro atoms. The van der Waals surface area contributed by atoms with Crippen molar-refractivity contribution in [3.05, 3.63) is 40.7 Å². The number of aryl methyl sites for hydroxylation is 1. The standard InChI is InChI=1S/C19H24FNO4/c1-12-10-14(17(22)24-5)11-15(20)16(12)13-6-8-21(9-7-13)18(23)25-19(2,3)4/h6,10-11H,7-9H2,1-5H3. The summed E-state index contributed by atoms with van der Waals surface area (Å²) in [6, 6.07) is 2.81. The lowest BCUT2D eigenvalue weighted by molar-refractivity contribution is 0.0270. The van der Waals surface area contributed by atoms with Crippen molar-refractivity contribution in [1.29, 1.82) is 0 Å². The normalized spacial score (nSPS) is 14.8. The molecule has 1 aromatic rings. The molecule has 2 rings (SSSR count). The van der Waals surface area contributed by atoms with Crippen LogP contribution in [0.15, 0.2) is 18.2 Å². The van der Waals surface area contributed by atoms with Gasteiger partial charge in [-0.25, -0.2) is 14.0 Å². The Morgan fingerprint density at radius 3 is 2.40 bits per heavy atom. The molecule has 0 atom stereocenters. The van der Waals surface area contributed by atoms with Crippen molar-refractivity contribution in [1.82, 2.24) is 4.90 Å². The highest BCUT2D eigenvalue weighted by molar-refractivity contribution is 5.90. The van der Waals surface area contributed by atoms with E-state index in [1.807, 2.05) is 26.8 Å². The average molecular weight is 349 g/mol. The monoisotopic (exact) mass is 349 g/mol. The minimum atomic E-state index is -0.567. The van der Waals surface area contributed by atoms with Crippen molar-refractivity contribution in [3.63, 3.8) is 0 Å². The van der Waals surface area contributed by atoms with E-state index in [9.17, 15) is 14.0 Å². The molecule has 1 aromatic carbocycles. The van der Waals surface area contributed by atoms with Crippen LogP contribution >= 0.6 is 0 Å². The van der Waals surface area contributed by atoms with Gasteiger partial charge in [-0.15, -0.1) is 0 Å². The molecular formula is C19H24FNO4.